The molecule has 0 radical (unpaired) electrons. The van der Waals surface area contributed by atoms with Crippen LogP contribution in [0.25, 0.3) is 0 Å². The molecule has 0 saturated heterocycles. The quantitative estimate of drug-likeness (QED) is 0.425. The Labute approximate surface area is 75.7 Å². The van der Waals surface area contributed by atoms with E-state index in [0.717, 1.165) is 0 Å². The van der Waals surface area contributed by atoms with Gasteiger partial charge < -0.3 is 0 Å². The van der Waals surface area contributed by atoms with Crippen LogP contribution in [0.2, 0.25) is 0 Å². The predicted molar refractivity (Wildman–Crippen MR) is 55.1 cm³/mol. The van der Waals surface area contributed by atoms with Gasteiger partial charge in [0.1, 0.15) is 0 Å². The van der Waals surface area contributed by atoms with Crippen LogP contribution in [0.3, 0.4) is 0 Å². The summed E-state index contributed by atoms with van der Waals surface area (Å²) in [6.07, 6.45) is 15.9. The van der Waals surface area contributed by atoms with Gasteiger partial charge >= 0.3 is 0 Å². The van der Waals surface area contributed by atoms with Crippen LogP contribution < -0.4 is 0 Å². The van der Waals surface area contributed by atoms with E-state index in [2.05, 4.69) is 31.7 Å². The normalized spacial score (nSPS) is 20.4. The molecule has 1 fully saturated rings. The van der Waals surface area contributed by atoms with Gasteiger partial charge in [-0.05, 0) is 38.0 Å². The number of hydrogen-bond donors (Lipinski definition) is 0. The summed E-state index contributed by atoms with van der Waals surface area (Å²) in [5.74, 6) is 0. The number of allylic oxidation sites excluding steroid dienone is 5. The highest BCUT2D eigenvalue weighted by Crippen LogP contribution is 2.50. The molecule has 12 heavy (non-hydrogen) atoms. The second-order valence-electron chi connectivity index (χ2n) is 3.56. The van der Waals surface area contributed by atoms with Gasteiger partial charge in [0.05, 0.1) is 0 Å². The minimum Gasteiger partial charge on any atom is -0.0991 e. The summed E-state index contributed by atoms with van der Waals surface area (Å²) in [5.41, 5.74) is 0.584. The van der Waals surface area contributed by atoms with Crippen molar-refractivity contribution in [2.75, 3.05) is 0 Å². The van der Waals surface area contributed by atoms with E-state index in [1.54, 1.807) is 0 Å². The van der Waals surface area contributed by atoms with E-state index >= 15 is 0 Å². The van der Waals surface area contributed by atoms with E-state index in [9.17, 15) is 0 Å². The molecule has 1 saturated carbocycles. The van der Waals surface area contributed by atoms with Crippen molar-refractivity contribution in [1.82, 2.24) is 0 Å². The van der Waals surface area contributed by atoms with E-state index in [1.165, 1.54) is 25.7 Å². The van der Waals surface area contributed by atoms with Crippen molar-refractivity contribution >= 4 is 0 Å². The van der Waals surface area contributed by atoms with Crippen LogP contribution in [-0.4, -0.2) is 0 Å². The predicted octanol–water partition coefficient (Wildman–Crippen LogP) is 3.87. The fourth-order valence-corrected chi connectivity index (χ4v) is 1.58. The zero-order valence-electron chi connectivity index (χ0n) is 7.92. The molecule has 0 nitrogen and oxygen atoms in total. The molecule has 0 bridgehead atoms. The molecule has 0 aromatic rings. The molecule has 0 heterocycles. The molecule has 0 unspecified atom stereocenters. The van der Waals surface area contributed by atoms with Gasteiger partial charge in [-0.3, -0.25) is 0 Å². The molecule has 0 N–H and O–H groups in total. The third-order valence-electron chi connectivity index (χ3n) is 2.49. The van der Waals surface area contributed by atoms with Crippen LogP contribution in [0.4, 0.5) is 0 Å². The molecule has 0 aliphatic heterocycles. The number of rotatable bonds is 5. The van der Waals surface area contributed by atoms with E-state index in [-0.39, 0.29) is 0 Å². The monoisotopic (exact) mass is 162 g/mol. The summed E-state index contributed by atoms with van der Waals surface area (Å²) in [4.78, 5) is 0. The largest absolute Gasteiger partial charge is 0.0991 e. The third kappa shape index (κ3) is 2.69. The fourth-order valence-electron chi connectivity index (χ4n) is 1.58. The van der Waals surface area contributed by atoms with E-state index in [4.69, 9.17) is 0 Å². The minimum absolute atomic E-state index is 0.584. The SMILES string of the molecule is C=CC=CCCC1(C=CC)CC1. The van der Waals surface area contributed by atoms with Crippen LogP contribution in [0.1, 0.15) is 32.6 Å². The second-order valence-corrected chi connectivity index (χ2v) is 3.56. The Kier molecular flexibility index (Phi) is 3.33. The molecule has 1 rings (SSSR count). The highest BCUT2D eigenvalue weighted by atomic mass is 14.4. The summed E-state index contributed by atoms with van der Waals surface area (Å²) < 4.78 is 0. The third-order valence-corrected chi connectivity index (χ3v) is 2.49. The molecule has 1 aliphatic carbocycles. The van der Waals surface area contributed by atoms with E-state index in [0.29, 0.717) is 5.41 Å². The van der Waals surface area contributed by atoms with E-state index in [1.807, 2.05) is 12.2 Å². The highest BCUT2D eigenvalue weighted by Gasteiger charge is 2.38. The molecule has 0 heteroatoms. The lowest BCUT2D eigenvalue weighted by Gasteiger charge is -2.05. The van der Waals surface area contributed by atoms with Crippen molar-refractivity contribution < 1.29 is 0 Å². The van der Waals surface area contributed by atoms with Crippen molar-refractivity contribution in [3.8, 4) is 0 Å². The van der Waals surface area contributed by atoms with Crippen LogP contribution in [-0.2, 0) is 0 Å². The lowest BCUT2D eigenvalue weighted by Crippen LogP contribution is -1.93. The van der Waals surface area contributed by atoms with Gasteiger partial charge in [-0.15, -0.1) is 0 Å². The summed E-state index contributed by atoms with van der Waals surface area (Å²) in [6.45, 7) is 5.76. The molecular formula is C12H18. The summed E-state index contributed by atoms with van der Waals surface area (Å²) in [7, 11) is 0. The van der Waals surface area contributed by atoms with Crippen molar-refractivity contribution in [2.24, 2.45) is 5.41 Å². The van der Waals surface area contributed by atoms with Gasteiger partial charge in [0.2, 0.25) is 0 Å². The van der Waals surface area contributed by atoms with Gasteiger partial charge in [0.25, 0.3) is 0 Å². The zero-order valence-corrected chi connectivity index (χ0v) is 7.92. The first-order chi connectivity index (χ1) is 5.83. The Hall–Kier alpha value is -0.780. The van der Waals surface area contributed by atoms with E-state index < -0.39 is 0 Å². The lowest BCUT2D eigenvalue weighted by molar-refractivity contribution is 0.590. The molecule has 0 spiro atoms. The Bertz CT molecular complexity index is 192. The molecule has 0 aromatic heterocycles. The van der Waals surface area contributed by atoms with Gasteiger partial charge in [-0.2, -0.15) is 0 Å². The van der Waals surface area contributed by atoms with Crippen LogP contribution >= 0.6 is 0 Å². The van der Waals surface area contributed by atoms with Gasteiger partial charge in [0.15, 0.2) is 0 Å². The first-order valence-electron chi connectivity index (χ1n) is 4.74. The Morgan fingerprint density at radius 1 is 1.42 bits per heavy atom. The second kappa shape index (κ2) is 4.30. The van der Waals surface area contributed by atoms with Crippen LogP contribution in [0.15, 0.2) is 37.0 Å². The maximum atomic E-state index is 3.65. The van der Waals surface area contributed by atoms with Crippen molar-refractivity contribution in [3.05, 3.63) is 37.0 Å². The van der Waals surface area contributed by atoms with Crippen LogP contribution in [0.5, 0.6) is 0 Å². The first kappa shape index (κ1) is 9.31. The average molecular weight is 162 g/mol. The maximum absolute atomic E-state index is 3.65. The molecule has 66 valence electrons. The summed E-state index contributed by atoms with van der Waals surface area (Å²) in [5, 5.41) is 0. The Balaban J connectivity index is 2.22. The Morgan fingerprint density at radius 3 is 2.67 bits per heavy atom. The topological polar surface area (TPSA) is 0 Å². The van der Waals surface area contributed by atoms with Crippen molar-refractivity contribution in [3.63, 3.8) is 0 Å². The number of hydrogen-bond acceptors (Lipinski definition) is 0. The average Bonchev–Trinajstić information content (AvgIpc) is 2.81. The van der Waals surface area contributed by atoms with Gasteiger partial charge in [-0.25, -0.2) is 0 Å². The molecule has 1 aliphatic rings. The molecule has 0 aromatic carbocycles. The maximum Gasteiger partial charge on any atom is -0.0115 e. The van der Waals surface area contributed by atoms with Gasteiger partial charge in [-0.1, -0.05) is 37.0 Å². The minimum atomic E-state index is 0.584. The Morgan fingerprint density at radius 2 is 2.17 bits per heavy atom. The fraction of sp³-hybridized carbons (Fsp3) is 0.500. The zero-order chi connectivity index (χ0) is 8.86. The van der Waals surface area contributed by atoms with Gasteiger partial charge in [0, 0.05) is 0 Å². The standard InChI is InChI=1S/C12H18/c1-3-5-6-7-9-12(8-4-2)10-11-12/h3-6,8H,1,7,9-11H2,2H3. The summed E-state index contributed by atoms with van der Waals surface area (Å²) >= 11 is 0. The van der Waals surface area contributed by atoms with Crippen molar-refractivity contribution in [2.45, 2.75) is 32.6 Å². The highest BCUT2D eigenvalue weighted by molar-refractivity contribution is 5.09. The van der Waals surface area contributed by atoms with Crippen molar-refractivity contribution in [1.29, 1.82) is 0 Å². The molecular weight excluding hydrogens is 144 g/mol. The summed E-state index contributed by atoms with van der Waals surface area (Å²) in [6, 6.07) is 0. The lowest BCUT2D eigenvalue weighted by atomic mass is 10.00. The molecule has 0 amide bonds. The van der Waals surface area contributed by atoms with Crippen LogP contribution in [0, 0.1) is 5.41 Å². The molecule has 0 atom stereocenters. The smallest absolute Gasteiger partial charge is 0.0115 e. The first-order valence-corrected chi connectivity index (χ1v) is 4.74.